The lowest BCUT2D eigenvalue weighted by atomic mass is 9.96. The van der Waals surface area contributed by atoms with Crippen LogP contribution in [0.5, 0.6) is 0 Å². The number of quaternary nitrogens is 1. The van der Waals surface area contributed by atoms with Crippen molar-refractivity contribution in [3.63, 3.8) is 0 Å². The van der Waals surface area contributed by atoms with Gasteiger partial charge >= 0.3 is 6.03 Å². The van der Waals surface area contributed by atoms with Gasteiger partial charge < -0.3 is 14.6 Å². The van der Waals surface area contributed by atoms with Gasteiger partial charge in [-0.05, 0) is 31.7 Å². The van der Waals surface area contributed by atoms with Crippen molar-refractivity contribution in [3.05, 3.63) is 35.6 Å². The molecule has 1 saturated heterocycles. The van der Waals surface area contributed by atoms with Gasteiger partial charge in [0.25, 0.3) is 5.91 Å². The Morgan fingerprint density at radius 2 is 2.04 bits per heavy atom. The molecule has 26 heavy (non-hydrogen) atoms. The van der Waals surface area contributed by atoms with Crippen molar-refractivity contribution < 1.29 is 18.9 Å². The Bertz CT molecular complexity index is 870. The first-order chi connectivity index (χ1) is 12.4. The minimum absolute atomic E-state index is 0.0860. The number of carbonyl (C=O) groups excluding carboxylic acids is 2. The Kier molecular flexibility index (Phi) is 4.03. The summed E-state index contributed by atoms with van der Waals surface area (Å²) < 4.78 is 5.96. The molecule has 138 valence electrons. The SMILES string of the molecule is CCc1oc2ccccc2c1C[NH+](C)CN1C(=O)N[C@](C)(C2CC2)C1=O. The molecule has 2 N–H and O–H groups in total. The van der Waals surface area contributed by atoms with Crippen LogP contribution in [0.25, 0.3) is 11.0 Å². The molecule has 0 spiro atoms. The maximum Gasteiger partial charge on any atom is 0.329 e. The van der Waals surface area contributed by atoms with Crippen molar-refractivity contribution in [1.82, 2.24) is 10.2 Å². The fraction of sp³-hybridized carbons (Fsp3) is 0.500. The third-order valence-corrected chi connectivity index (χ3v) is 5.70. The number of hydrogen-bond donors (Lipinski definition) is 2. The number of para-hydroxylation sites is 1. The maximum absolute atomic E-state index is 12.8. The number of aryl methyl sites for hydroxylation is 1. The number of rotatable bonds is 6. The first-order valence-corrected chi connectivity index (χ1v) is 9.38. The number of hydrogen-bond acceptors (Lipinski definition) is 3. The zero-order valence-electron chi connectivity index (χ0n) is 15.6. The van der Waals surface area contributed by atoms with Crippen molar-refractivity contribution in [2.75, 3.05) is 13.7 Å². The van der Waals surface area contributed by atoms with Crippen LogP contribution in [0.3, 0.4) is 0 Å². The Morgan fingerprint density at radius 1 is 1.31 bits per heavy atom. The molecular formula is C20H26N3O3+. The molecular weight excluding hydrogens is 330 g/mol. The van der Waals surface area contributed by atoms with E-state index < -0.39 is 5.54 Å². The quantitative estimate of drug-likeness (QED) is 0.774. The van der Waals surface area contributed by atoms with Crippen molar-refractivity contribution >= 4 is 22.9 Å². The van der Waals surface area contributed by atoms with Crippen molar-refractivity contribution in [2.24, 2.45) is 5.92 Å². The molecule has 2 atom stereocenters. The van der Waals surface area contributed by atoms with E-state index in [0.29, 0.717) is 13.2 Å². The fourth-order valence-electron chi connectivity index (χ4n) is 4.05. The molecule has 0 bridgehead atoms. The summed E-state index contributed by atoms with van der Waals surface area (Å²) in [7, 11) is 2.01. The lowest BCUT2D eigenvalue weighted by Crippen LogP contribution is -3.09. The Balaban J connectivity index is 1.52. The van der Waals surface area contributed by atoms with Gasteiger partial charge in [0.1, 0.15) is 23.4 Å². The number of benzene rings is 1. The second-order valence-electron chi connectivity index (χ2n) is 7.79. The Labute approximate surface area is 153 Å². The number of carbonyl (C=O) groups is 2. The third kappa shape index (κ3) is 2.69. The Hall–Kier alpha value is -2.34. The molecule has 1 aliphatic carbocycles. The van der Waals surface area contributed by atoms with Crippen LogP contribution in [0.2, 0.25) is 0 Å². The molecule has 3 amide bonds. The van der Waals surface area contributed by atoms with Crippen LogP contribution in [-0.4, -0.2) is 36.1 Å². The van der Waals surface area contributed by atoms with E-state index in [1.54, 1.807) is 0 Å². The van der Waals surface area contributed by atoms with Crippen molar-refractivity contribution in [1.29, 1.82) is 0 Å². The summed E-state index contributed by atoms with van der Waals surface area (Å²) >= 11 is 0. The molecule has 4 rings (SSSR count). The Morgan fingerprint density at radius 3 is 2.73 bits per heavy atom. The van der Waals surface area contributed by atoms with E-state index in [9.17, 15) is 9.59 Å². The largest absolute Gasteiger partial charge is 0.461 e. The number of furan rings is 1. The van der Waals surface area contributed by atoms with Gasteiger partial charge in [-0.1, -0.05) is 25.1 Å². The van der Waals surface area contributed by atoms with Gasteiger partial charge in [-0.25, -0.2) is 9.69 Å². The van der Waals surface area contributed by atoms with Crippen molar-refractivity contribution in [3.8, 4) is 0 Å². The molecule has 0 radical (unpaired) electrons. The first-order valence-electron chi connectivity index (χ1n) is 9.38. The normalized spacial score (nSPS) is 24.3. The van der Waals surface area contributed by atoms with Crippen molar-refractivity contribution in [2.45, 2.75) is 45.2 Å². The van der Waals surface area contributed by atoms with E-state index in [2.05, 4.69) is 18.3 Å². The number of nitrogens with zero attached hydrogens (tertiary/aromatic N) is 1. The summed E-state index contributed by atoms with van der Waals surface area (Å²) in [4.78, 5) is 27.6. The number of amides is 3. The van der Waals surface area contributed by atoms with E-state index in [1.165, 1.54) is 4.90 Å². The van der Waals surface area contributed by atoms with Crippen LogP contribution in [0, 0.1) is 5.92 Å². The highest BCUT2D eigenvalue weighted by Crippen LogP contribution is 2.42. The summed E-state index contributed by atoms with van der Waals surface area (Å²) in [6.07, 6.45) is 2.85. The van der Waals surface area contributed by atoms with Gasteiger partial charge in [-0.3, -0.25) is 4.79 Å². The van der Waals surface area contributed by atoms with E-state index in [1.807, 2.05) is 32.2 Å². The summed E-state index contributed by atoms with van der Waals surface area (Å²) in [6.45, 7) is 5.00. The standard InChI is InChI=1S/C20H25N3O3/c1-4-16-15(14-7-5-6-8-17(14)26-16)11-22(3)12-23-18(24)20(2,13-9-10-13)21-19(23)25/h5-8,13H,4,9-12H2,1-3H3,(H,21,25)/p+1/t20-/m1/s1. The minimum Gasteiger partial charge on any atom is -0.461 e. The highest BCUT2D eigenvalue weighted by Gasteiger charge is 2.56. The van der Waals surface area contributed by atoms with Gasteiger partial charge in [0.2, 0.25) is 0 Å². The molecule has 1 aromatic carbocycles. The van der Waals surface area contributed by atoms with Crippen LogP contribution in [0.4, 0.5) is 4.79 Å². The van der Waals surface area contributed by atoms with Gasteiger partial charge in [0, 0.05) is 11.8 Å². The van der Waals surface area contributed by atoms with Gasteiger partial charge in [-0.15, -0.1) is 0 Å². The molecule has 1 saturated carbocycles. The van der Waals surface area contributed by atoms with E-state index in [-0.39, 0.29) is 17.9 Å². The molecule has 2 heterocycles. The predicted octanol–water partition coefficient (Wildman–Crippen LogP) is 1.69. The lowest BCUT2D eigenvalue weighted by Gasteiger charge is -2.22. The van der Waals surface area contributed by atoms with Gasteiger partial charge in [0.15, 0.2) is 6.67 Å². The van der Waals surface area contributed by atoms with Gasteiger partial charge in [0.05, 0.1) is 12.6 Å². The number of urea groups is 1. The molecule has 6 nitrogen and oxygen atoms in total. The highest BCUT2D eigenvalue weighted by molar-refractivity contribution is 6.07. The second-order valence-corrected chi connectivity index (χ2v) is 7.79. The van der Waals surface area contributed by atoms with E-state index in [4.69, 9.17) is 4.42 Å². The zero-order chi connectivity index (χ0) is 18.5. The topological polar surface area (TPSA) is 67.0 Å². The average molecular weight is 356 g/mol. The van der Waals surface area contributed by atoms with Crippen LogP contribution in [0.15, 0.2) is 28.7 Å². The minimum atomic E-state index is -0.714. The first kappa shape index (κ1) is 17.1. The lowest BCUT2D eigenvalue weighted by molar-refractivity contribution is -0.901. The van der Waals surface area contributed by atoms with Crippen LogP contribution >= 0.6 is 0 Å². The fourth-order valence-corrected chi connectivity index (χ4v) is 4.05. The average Bonchev–Trinajstić information content (AvgIpc) is 3.39. The molecule has 6 heteroatoms. The molecule has 2 aliphatic rings. The highest BCUT2D eigenvalue weighted by atomic mass is 16.3. The smallest absolute Gasteiger partial charge is 0.329 e. The predicted molar refractivity (Wildman–Crippen MR) is 97.6 cm³/mol. The maximum atomic E-state index is 12.8. The molecule has 1 aliphatic heterocycles. The van der Waals surface area contributed by atoms with E-state index in [0.717, 1.165) is 46.5 Å². The molecule has 2 fully saturated rings. The monoisotopic (exact) mass is 356 g/mol. The number of imide groups is 1. The van der Waals surface area contributed by atoms with Crippen LogP contribution in [0.1, 0.15) is 38.0 Å². The van der Waals surface area contributed by atoms with Crippen LogP contribution < -0.4 is 10.2 Å². The van der Waals surface area contributed by atoms with E-state index >= 15 is 0 Å². The molecule has 2 aromatic rings. The third-order valence-electron chi connectivity index (χ3n) is 5.70. The zero-order valence-corrected chi connectivity index (χ0v) is 15.6. The molecule has 1 aromatic heterocycles. The number of fused-ring (bicyclic) bond motifs is 1. The summed E-state index contributed by atoms with van der Waals surface area (Å²) in [5.41, 5.74) is 1.34. The summed E-state index contributed by atoms with van der Waals surface area (Å²) in [5.74, 6) is 1.18. The number of nitrogens with one attached hydrogen (secondary N) is 2. The molecule has 1 unspecified atom stereocenters. The summed E-state index contributed by atoms with van der Waals surface area (Å²) in [5, 5.41) is 4.03. The second kappa shape index (κ2) is 6.13. The summed E-state index contributed by atoms with van der Waals surface area (Å²) in [6, 6.07) is 7.76. The van der Waals surface area contributed by atoms with Gasteiger partial charge in [-0.2, -0.15) is 0 Å². The van der Waals surface area contributed by atoms with Crippen LogP contribution in [-0.2, 0) is 17.8 Å².